The zero-order valence-corrected chi connectivity index (χ0v) is 11.5. The van der Waals surface area contributed by atoms with Gasteiger partial charge < -0.3 is 10.5 Å². The van der Waals surface area contributed by atoms with Gasteiger partial charge in [-0.2, -0.15) is 9.78 Å². The molecular weight excluding hydrogens is 252 g/mol. The molecule has 0 saturated carbocycles. The van der Waals surface area contributed by atoms with Crippen LogP contribution in [0.3, 0.4) is 0 Å². The Morgan fingerprint density at radius 2 is 2.10 bits per heavy atom. The van der Waals surface area contributed by atoms with Gasteiger partial charge in [-0.15, -0.1) is 0 Å². The van der Waals surface area contributed by atoms with Crippen LogP contribution < -0.4 is 10.5 Å². The maximum Gasteiger partial charge on any atom is 0.156 e. The number of anilines is 1. The maximum atomic E-state index is 5.94. The zero-order valence-electron chi connectivity index (χ0n) is 11.5. The van der Waals surface area contributed by atoms with E-state index in [2.05, 4.69) is 10.1 Å². The van der Waals surface area contributed by atoms with Gasteiger partial charge in [0, 0.05) is 11.5 Å². The number of benzene rings is 1. The van der Waals surface area contributed by atoms with E-state index in [0.717, 1.165) is 22.3 Å². The lowest BCUT2D eigenvalue weighted by atomic mass is 10.2. The summed E-state index contributed by atoms with van der Waals surface area (Å²) in [4.78, 5) is 4.63. The van der Waals surface area contributed by atoms with Crippen molar-refractivity contribution in [3.63, 3.8) is 0 Å². The number of nitrogens with two attached hydrogens (primary N) is 1. The number of nitrogens with zero attached hydrogens (tertiary/aromatic N) is 3. The van der Waals surface area contributed by atoms with E-state index in [1.165, 1.54) is 0 Å². The quantitative estimate of drug-likeness (QED) is 0.793. The molecule has 0 bridgehead atoms. The summed E-state index contributed by atoms with van der Waals surface area (Å²) in [6, 6.07) is 11.6. The lowest BCUT2D eigenvalue weighted by Gasteiger charge is -2.09. The van der Waals surface area contributed by atoms with Crippen molar-refractivity contribution < 1.29 is 4.74 Å². The summed E-state index contributed by atoms with van der Waals surface area (Å²) in [5, 5.41) is 5.38. The molecule has 0 aliphatic rings. The third-order valence-electron chi connectivity index (χ3n) is 3.04. The molecular formula is C15H16N4O. The number of fused-ring (bicyclic) bond motifs is 1. The van der Waals surface area contributed by atoms with Gasteiger partial charge in [-0.1, -0.05) is 12.1 Å². The van der Waals surface area contributed by atoms with E-state index < -0.39 is 0 Å². The lowest BCUT2D eigenvalue weighted by Crippen LogP contribution is -2.04. The number of rotatable bonds is 3. The number of pyridine rings is 1. The monoisotopic (exact) mass is 268 g/mol. The van der Waals surface area contributed by atoms with E-state index in [1.54, 1.807) is 4.68 Å². The highest BCUT2D eigenvalue weighted by molar-refractivity contribution is 5.85. The SMILES string of the molecule is CCOc1cccc2ccc(-n3nc(C)cc3N)nc12. The minimum Gasteiger partial charge on any atom is -0.492 e. The molecule has 0 unspecified atom stereocenters. The number of nitrogen functional groups attached to an aromatic ring is 1. The van der Waals surface area contributed by atoms with E-state index >= 15 is 0 Å². The molecule has 0 spiro atoms. The zero-order chi connectivity index (χ0) is 14.1. The smallest absolute Gasteiger partial charge is 0.156 e. The van der Waals surface area contributed by atoms with Crippen LogP contribution in [0.15, 0.2) is 36.4 Å². The minimum atomic E-state index is 0.572. The molecule has 102 valence electrons. The van der Waals surface area contributed by atoms with Gasteiger partial charge in [0.25, 0.3) is 0 Å². The van der Waals surface area contributed by atoms with Crippen LogP contribution in [0.4, 0.5) is 5.82 Å². The van der Waals surface area contributed by atoms with Crippen LogP contribution >= 0.6 is 0 Å². The molecule has 1 aromatic carbocycles. The van der Waals surface area contributed by atoms with Crippen molar-refractivity contribution in [2.75, 3.05) is 12.3 Å². The lowest BCUT2D eigenvalue weighted by molar-refractivity contribution is 0.343. The molecule has 3 aromatic rings. The van der Waals surface area contributed by atoms with Crippen molar-refractivity contribution in [1.82, 2.24) is 14.8 Å². The summed E-state index contributed by atoms with van der Waals surface area (Å²) < 4.78 is 7.26. The van der Waals surface area contributed by atoms with Crippen molar-refractivity contribution >= 4 is 16.7 Å². The average molecular weight is 268 g/mol. The minimum absolute atomic E-state index is 0.572. The molecule has 2 heterocycles. The Bertz CT molecular complexity index is 764. The van der Waals surface area contributed by atoms with Crippen LogP contribution in [0.5, 0.6) is 5.75 Å². The van der Waals surface area contributed by atoms with Crippen LogP contribution in [0.1, 0.15) is 12.6 Å². The van der Waals surface area contributed by atoms with E-state index in [-0.39, 0.29) is 0 Å². The molecule has 3 rings (SSSR count). The Morgan fingerprint density at radius 3 is 2.80 bits per heavy atom. The fourth-order valence-corrected chi connectivity index (χ4v) is 2.20. The Morgan fingerprint density at radius 1 is 1.25 bits per heavy atom. The van der Waals surface area contributed by atoms with Crippen molar-refractivity contribution in [3.05, 3.63) is 42.1 Å². The molecule has 0 saturated heterocycles. The molecule has 2 N–H and O–H groups in total. The molecule has 0 fully saturated rings. The molecule has 5 heteroatoms. The highest BCUT2D eigenvalue weighted by Gasteiger charge is 2.09. The van der Waals surface area contributed by atoms with Gasteiger partial charge in [-0.3, -0.25) is 0 Å². The second-order valence-electron chi connectivity index (χ2n) is 4.55. The first-order valence-electron chi connectivity index (χ1n) is 6.54. The highest BCUT2D eigenvalue weighted by atomic mass is 16.5. The van der Waals surface area contributed by atoms with Crippen LogP contribution in [0.25, 0.3) is 16.7 Å². The standard InChI is InChI=1S/C15H16N4O/c1-3-20-12-6-4-5-11-7-8-14(17-15(11)12)19-13(16)9-10(2)18-19/h4-9H,3,16H2,1-2H3. The van der Waals surface area contributed by atoms with E-state index in [1.807, 2.05) is 50.2 Å². The van der Waals surface area contributed by atoms with Crippen molar-refractivity contribution in [2.24, 2.45) is 0 Å². The second-order valence-corrected chi connectivity index (χ2v) is 4.55. The molecule has 0 aliphatic heterocycles. The summed E-state index contributed by atoms with van der Waals surface area (Å²) in [5.41, 5.74) is 7.63. The van der Waals surface area contributed by atoms with E-state index in [0.29, 0.717) is 18.2 Å². The average Bonchev–Trinajstić information content (AvgIpc) is 2.78. The number of hydrogen-bond donors (Lipinski definition) is 1. The third kappa shape index (κ3) is 2.07. The van der Waals surface area contributed by atoms with E-state index in [9.17, 15) is 0 Å². The number of aromatic nitrogens is 3. The molecule has 0 radical (unpaired) electrons. The Balaban J connectivity index is 2.18. The summed E-state index contributed by atoms with van der Waals surface area (Å²) in [5.74, 6) is 2.03. The molecule has 0 aliphatic carbocycles. The third-order valence-corrected chi connectivity index (χ3v) is 3.04. The summed E-state index contributed by atoms with van der Waals surface area (Å²) in [6.07, 6.45) is 0. The maximum absolute atomic E-state index is 5.94. The Labute approximate surface area is 117 Å². The van der Waals surface area contributed by atoms with Gasteiger partial charge in [0.05, 0.1) is 12.3 Å². The fourth-order valence-electron chi connectivity index (χ4n) is 2.20. The fraction of sp³-hybridized carbons (Fsp3) is 0.200. The summed E-state index contributed by atoms with van der Waals surface area (Å²) >= 11 is 0. The summed E-state index contributed by atoms with van der Waals surface area (Å²) in [7, 11) is 0. The number of hydrogen-bond acceptors (Lipinski definition) is 4. The van der Waals surface area contributed by atoms with Crippen LogP contribution in [0, 0.1) is 6.92 Å². The normalized spacial score (nSPS) is 10.9. The van der Waals surface area contributed by atoms with Crippen LogP contribution in [-0.4, -0.2) is 21.4 Å². The first-order chi connectivity index (χ1) is 9.69. The van der Waals surface area contributed by atoms with Gasteiger partial charge >= 0.3 is 0 Å². The van der Waals surface area contributed by atoms with Gasteiger partial charge in [-0.05, 0) is 32.0 Å². The number of para-hydroxylation sites is 1. The topological polar surface area (TPSA) is 66.0 Å². The molecule has 20 heavy (non-hydrogen) atoms. The number of ether oxygens (including phenoxy) is 1. The number of aryl methyl sites for hydroxylation is 1. The predicted octanol–water partition coefficient (Wildman–Crippen LogP) is 2.71. The van der Waals surface area contributed by atoms with Gasteiger partial charge in [0.2, 0.25) is 0 Å². The Kier molecular flexibility index (Phi) is 3.02. The largest absolute Gasteiger partial charge is 0.492 e. The van der Waals surface area contributed by atoms with Gasteiger partial charge in [0.1, 0.15) is 17.1 Å². The second kappa shape index (κ2) is 4.85. The van der Waals surface area contributed by atoms with Crippen molar-refractivity contribution in [2.45, 2.75) is 13.8 Å². The highest BCUT2D eigenvalue weighted by Crippen LogP contribution is 2.25. The molecule has 0 atom stereocenters. The molecule has 5 nitrogen and oxygen atoms in total. The van der Waals surface area contributed by atoms with Gasteiger partial charge in [0.15, 0.2) is 5.82 Å². The van der Waals surface area contributed by atoms with Crippen LogP contribution in [-0.2, 0) is 0 Å². The Hall–Kier alpha value is -2.56. The van der Waals surface area contributed by atoms with Crippen LogP contribution in [0.2, 0.25) is 0 Å². The molecule has 2 aromatic heterocycles. The van der Waals surface area contributed by atoms with Gasteiger partial charge in [-0.25, -0.2) is 4.98 Å². The van der Waals surface area contributed by atoms with Crippen molar-refractivity contribution in [1.29, 1.82) is 0 Å². The summed E-state index contributed by atoms with van der Waals surface area (Å²) in [6.45, 7) is 4.46. The first-order valence-corrected chi connectivity index (χ1v) is 6.54. The van der Waals surface area contributed by atoms with Crippen molar-refractivity contribution in [3.8, 4) is 11.6 Å². The molecule has 0 amide bonds. The predicted molar refractivity (Wildman–Crippen MR) is 79.2 cm³/mol. The first kappa shape index (κ1) is 12.5. The van der Waals surface area contributed by atoms with E-state index in [4.69, 9.17) is 10.5 Å².